The number of aryl methyl sites for hydroxylation is 1. The third-order valence-electron chi connectivity index (χ3n) is 5.49. The number of hydrogen-bond acceptors (Lipinski definition) is 2. The molecule has 1 N–H and O–H groups in total. The van der Waals surface area contributed by atoms with Crippen molar-refractivity contribution in [3.05, 3.63) is 88.0 Å². The molecule has 0 aliphatic carbocycles. The molecule has 0 spiro atoms. The number of halogens is 1. The number of ketones is 1. The maximum atomic E-state index is 13.3. The molecule has 0 fully saturated rings. The highest BCUT2D eigenvalue weighted by atomic mass is 79.9. The number of carbonyl (C=O) groups is 1. The number of carbonyl (C=O) groups excluding carboxylic acids is 1. The topological polar surface area (TPSA) is 50.7 Å². The lowest BCUT2D eigenvalue weighted by molar-refractivity contribution is 0.0961. The molecule has 0 aliphatic heterocycles. The highest BCUT2D eigenvalue weighted by Crippen LogP contribution is 2.35. The van der Waals surface area contributed by atoms with Gasteiger partial charge in [0.05, 0.1) is 0 Å². The number of hydrogen-bond donors (Lipinski definition) is 1. The van der Waals surface area contributed by atoms with Gasteiger partial charge in [0.25, 0.3) is 0 Å². The first-order valence-corrected chi connectivity index (χ1v) is 10.6. The zero-order chi connectivity index (χ0) is 20.5. The summed E-state index contributed by atoms with van der Waals surface area (Å²) < 4.78 is 2.97. The molecule has 2 aromatic carbocycles. The number of para-hydroxylation sites is 1. The van der Waals surface area contributed by atoms with E-state index in [2.05, 4.69) is 70.9 Å². The highest BCUT2D eigenvalue weighted by Gasteiger charge is 2.25. The fourth-order valence-corrected chi connectivity index (χ4v) is 4.22. The molecular formula is C24H24BrN3O. The molecule has 0 aliphatic rings. The van der Waals surface area contributed by atoms with E-state index in [0.717, 1.165) is 21.2 Å². The van der Waals surface area contributed by atoms with Gasteiger partial charge in [-0.2, -0.15) is 0 Å². The molecule has 0 bridgehead atoms. The molecule has 0 saturated heterocycles. The van der Waals surface area contributed by atoms with Gasteiger partial charge in [0, 0.05) is 51.8 Å². The molecule has 148 valence electrons. The molecule has 29 heavy (non-hydrogen) atoms. The number of aromatic nitrogens is 3. The van der Waals surface area contributed by atoms with Gasteiger partial charge in [-0.1, -0.05) is 46.3 Å². The van der Waals surface area contributed by atoms with Crippen LogP contribution < -0.4 is 0 Å². The Morgan fingerprint density at radius 3 is 2.55 bits per heavy atom. The minimum absolute atomic E-state index is 0.0506. The number of fused-ring (bicyclic) bond motifs is 1. The van der Waals surface area contributed by atoms with Gasteiger partial charge in [-0.15, -0.1) is 0 Å². The van der Waals surface area contributed by atoms with Crippen LogP contribution in [0.3, 0.4) is 0 Å². The Morgan fingerprint density at radius 1 is 1.14 bits per heavy atom. The van der Waals surface area contributed by atoms with Crippen LogP contribution in [0.4, 0.5) is 0 Å². The Hall–Kier alpha value is -2.66. The van der Waals surface area contributed by atoms with E-state index in [-0.39, 0.29) is 17.7 Å². The third-order valence-corrected chi connectivity index (χ3v) is 6.02. The van der Waals surface area contributed by atoms with Crippen molar-refractivity contribution in [1.82, 2.24) is 14.5 Å². The maximum Gasteiger partial charge on any atom is 0.199 e. The summed E-state index contributed by atoms with van der Waals surface area (Å²) in [7, 11) is 0. The monoisotopic (exact) mass is 449 g/mol. The Balaban J connectivity index is 1.78. The lowest BCUT2D eigenvalue weighted by atomic mass is 9.88. The van der Waals surface area contributed by atoms with E-state index in [1.54, 1.807) is 6.20 Å². The van der Waals surface area contributed by atoms with E-state index in [4.69, 9.17) is 0 Å². The predicted octanol–water partition coefficient (Wildman–Crippen LogP) is 6.42. The maximum absolute atomic E-state index is 13.3. The van der Waals surface area contributed by atoms with Gasteiger partial charge in [-0.3, -0.25) is 4.79 Å². The van der Waals surface area contributed by atoms with Gasteiger partial charge in [0.15, 0.2) is 11.6 Å². The van der Waals surface area contributed by atoms with Crippen LogP contribution in [-0.2, 0) is 0 Å². The minimum Gasteiger partial charge on any atom is -0.358 e. The van der Waals surface area contributed by atoms with Crippen LogP contribution in [0.5, 0.6) is 0 Å². The van der Waals surface area contributed by atoms with Crippen molar-refractivity contribution in [3.63, 3.8) is 0 Å². The summed E-state index contributed by atoms with van der Waals surface area (Å²) in [6, 6.07) is 16.7. The molecule has 1 atom stereocenters. The Kier molecular flexibility index (Phi) is 5.41. The van der Waals surface area contributed by atoms with Gasteiger partial charge in [-0.25, -0.2) is 4.98 Å². The van der Waals surface area contributed by atoms with Crippen LogP contribution in [0.1, 0.15) is 59.7 Å². The fourth-order valence-electron chi connectivity index (χ4n) is 3.96. The number of aromatic amines is 1. The Labute approximate surface area is 179 Å². The van der Waals surface area contributed by atoms with Crippen LogP contribution in [0, 0.1) is 6.92 Å². The fraction of sp³-hybridized carbons (Fsp3) is 0.250. The SMILES string of the molecule is Cc1c([C@@H](CC(=O)c2nccn2C(C)C)c2ccc(Br)cc2)[nH]c2ccccc12. The van der Waals surface area contributed by atoms with Crippen LogP contribution in [0.25, 0.3) is 10.9 Å². The van der Waals surface area contributed by atoms with Crippen molar-refractivity contribution in [1.29, 1.82) is 0 Å². The second kappa shape index (κ2) is 7.99. The van der Waals surface area contributed by atoms with E-state index in [1.807, 2.05) is 35.0 Å². The summed E-state index contributed by atoms with van der Waals surface area (Å²) in [6.07, 6.45) is 3.94. The lowest BCUT2D eigenvalue weighted by Crippen LogP contribution is -2.16. The van der Waals surface area contributed by atoms with Crippen molar-refractivity contribution < 1.29 is 4.79 Å². The summed E-state index contributed by atoms with van der Waals surface area (Å²) in [5.74, 6) is 0.505. The first-order valence-electron chi connectivity index (χ1n) is 9.84. The van der Waals surface area contributed by atoms with Gasteiger partial charge in [0.1, 0.15) is 0 Å². The van der Waals surface area contributed by atoms with E-state index >= 15 is 0 Å². The summed E-state index contributed by atoms with van der Waals surface area (Å²) in [6.45, 7) is 6.25. The summed E-state index contributed by atoms with van der Waals surface area (Å²) >= 11 is 3.51. The Bertz CT molecular complexity index is 1150. The van der Waals surface area contributed by atoms with Crippen LogP contribution in [0.2, 0.25) is 0 Å². The first-order chi connectivity index (χ1) is 14.0. The zero-order valence-electron chi connectivity index (χ0n) is 16.8. The normalized spacial score (nSPS) is 12.6. The lowest BCUT2D eigenvalue weighted by Gasteiger charge is -2.18. The molecule has 4 rings (SSSR count). The average molecular weight is 450 g/mol. The van der Waals surface area contributed by atoms with Gasteiger partial charge in [0.2, 0.25) is 0 Å². The van der Waals surface area contributed by atoms with Gasteiger partial charge < -0.3 is 9.55 Å². The molecule has 2 heterocycles. The number of rotatable bonds is 6. The second-order valence-corrected chi connectivity index (χ2v) is 8.61. The zero-order valence-corrected chi connectivity index (χ0v) is 18.4. The molecular weight excluding hydrogens is 426 g/mol. The standard InChI is InChI=1S/C24H24BrN3O/c1-15(2)28-13-12-26-24(28)22(29)14-20(17-8-10-18(25)11-9-17)23-16(3)19-6-4-5-7-21(19)27-23/h4-13,15,20,27H,14H2,1-3H3/t20-/m0/s1. The first kappa shape index (κ1) is 19.6. The van der Waals surface area contributed by atoms with Crippen molar-refractivity contribution >= 4 is 32.6 Å². The number of H-pyrrole nitrogens is 1. The van der Waals surface area contributed by atoms with Gasteiger partial charge in [-0.05, 0) is 50.1 Å². The van der Waals surface area contributed by atoms with Crippen molar-refractivity contribution in [2.45, 2.75) is 39.2 Å². The molecule has 0 radical (unpaired) electrons. The highest BCUT2D eigenvalue weighted by molar-refractivity contribution is 9.10. The van der Waals surface area contributed by atoms with Crippen LogP contribution in [-0.4, -0.2) is 20.3 Å². The van der Waals surface area contributed by atoms with Crippen molar-refractivity contribution in [2.24, 2.45) is 0 Å². The number of Topliss-reactive ketones (excluding diaryl/α,β-unsaturated/α-hetero) is 1. The molecule has 2 aromatic heterocycles. The number of benzene rings is 2. The predicted molar refractivity (Wildman–Crippen MR) is 121 cm³/mol. The summed E-state index contributed by atoms with van der Waals surface area (Å²) in [5, 5.41) is 1.20. The quantitative estimate of drug-likeness (QED) is 0.345. The second-order valence-electron chi connectivity index (χ2n) is 7.69. The number of imidazole rings is 1. The molecule has 4 nitrogen and oxygen atoms in total. The van der Waals surface area contributed by atoms with Crippen LogP contribution >= 0.6 is 15.9 Å². The molecule has 5 heteroatoms. The smallest absolute Gasteiger partial charge is 0.199 e. The largest absolute Gasteiger partial charge is 0.358 e. The van der Waals surface area contributed by atoms with E-state index in [9.17, 15) is 4.79 Å². The average Bonchev–Trinajstić information content (AvgIpc) is 3.33. The molecule has 0 unspecified atom stereocenters. The van der Waals surface area contributed by atoms with Gasteiger partial charge >= 0.3 is 0 Å². The third kappa shape index (κ3) is 3.79. The molecule has 0 saturated carbocycles. The van der Waals surface area contributed by atoms with E-state index in [0.29, 0.717) is 12.2 Å². The molecule has 4 aromatic rings. The molecule has 0 amide bonds. The summed E-state index contributed by atoms with van der Waals surface area (Å²) in [4.78, 5) is 21.2. The summed E-state index contributed by atoms with van der Waals surface area (Å²) in [5.41, 5.74) is 4.48. The van der Waals surface area contributed by atoms with Crippen LogP contribution in [0.15, 0.2) is 65.4 Å². The Morgan fingerprint density at radius 2 is 1.86 bits per heavy atom. The number of nitrogens with zero attached hydrogens (tertiary/aromatic N) is 2. The van der Waals surface area contributed by atoms with Crippen molar-refractivity contribution in [3.8, 4) is 0 Å². The van der Waals surface area contributed by atoms with E-state index in [1.165, 1.54) is 10.9 Å². The van der Waals surface area contributed by atoms with Crippen molar-refractivity contribution in [2.75, 3.05) is 0 Å². The number of nitrogens with one attached hydrogen (secondary N) is 1. The van der Waals surface area contributed by atoms with E-state index < -0.39 is 0 Å². The minimum atomic E-state index is -0.0692.